The predicted octanol–water partition coefficient (Wildman–Crippen LogP) is 2.52. The van der Waals surface area contributed by atoms with E-state index in [-0.39, 0.29) is 31.5 Å². The molecule has 0 aromatic heterocycles. The van der Waals surface area contributed by atoms with E-state index in [1.54, 1.807) is 26.8 Å². The normalized spacial score (nSPS) is 46.2. The second-order valence-corrected chi connectivity index (χ2v) is 11.3. The van der Waals surface area contributed by atoms with E-state index in [9.17, 15) is 29.7 Å². The third kappa shape index (κ3) is 3.14. The van der Waals surface area contributed by atoms with E-state index in [0.29, 0.717) is 24.8 Å². The van der Waals surface area contributed by atoms with Crippen LogP contribution in [0.1, 0.15) is 65.7 Å². The minimum atomic E-state index is -2.06. The molecule has 3 fully saturated rings. The summed E-state index contributed by atoms with van der Waals surface area (Å²) in [6.07, 6.45) is 2.20. The van der Waals surface area contributed by atoms with Crippen LogP contribution in [0.3, 0.4) is 0 Å². The van der Waals surface area contributed by atoms with Gasteiger partial charge in [0.1, 0.15) is 11.7 Å². The fraction of sp³-hybridized carbons (Fsp3) is 0.731. The summed E-state index contributed by atoms with van der Waals surface area (Å²) in [6.45, 7) is 5.13. The van der Waals surface area contributed by atoms with Gasteiger partial charge in [0.15, 0.2) is 17.2 Å². The zero-order valence-corrected chi connectivity index (χ0v) is 20.0. The molecule has 4 aliphatic rings. The molecular formula is C26H35FO7. The quantitative estimate of drug-likeness (QED) is 0.461. The topological polar surface area (TPSA) is 132 Å². The van der Waals surface area contributed by atoms with Crippen molar-refractivity contribution in [2.45, 2.75) is 89.2 Å². The SMILES string of the molecule is C[C@H]1C[C@H]2[C@@H]3CCC4=CC(=O)C=C[C@]4(C)[C@@]3(F)[C@@H](O)C[C@]2(C)[C@@]1(O)C(=O)C(O)CCCC(=O)O. The number of carbonyl (C=O) groups is 3. The Morgan fingerprint density at radius 3 is 2.59 bits per heavy atom. The summed E-state index contributed by atoms with van der Waals surface area (Å²) in [5, 5.41) is 42.6. The summed E-state index contributed by atoms with van der Waals surface area (Å²) >= 11 is 0. The number of carboxylic acid groups (broad SMARTS) is 1. The summed E-state index contributed by atoms with van der Waals surface area (Å²) < 4.78 is 17.1. The molecule has 0 aliphatic heterocycles. The van der Waals surface area contributed by atoms with Crippen LogP contribution in [-0.4, -0.2) is 61.4 Å². The molecule has 1 unspecified atom stereocenters. The highest BCUT2D eigenvalue weighted by Crippen LogP contribution is 2.70. The van der Waals surface area contributed by atoms with E-state index in [1.807, 2.05) is 0 Å². The van der Waals surface area contributed by atoms with Crippen molar-refractivity contribution in [3.63, 3.8) is 0 Å². The van der Waals surface area contributed by atoms with E-state index in [2.05, 4.69) is 0 Å². The minimum absolute atomic E-state index is 0.0875. The lowest BCUT2D eigenvalue weighted by atomic mass is 9.44. The van der Waals surface area contributed by atoms with Crippen LogP contribution in [-0.2, 0) is 14.4 Å². The third-order valence-corrected chi connectivity index (χ3v) is 9.77. The molecule has 8 heteroatoms. The lowest BCUT2D eigenvalue weighted by molar-refractivity contribution is -0.221. The molecule has 4 rings (SSSR count). The van der Waals surface area contributed by atoms with Gasteiger partial charge in [-0.15, -0.1) is 0 Å². The molecule has 0 aromatic carbocycles. The standard InChI is InChI=1S/C26H35FO7/c1-14-11-18-17-8-7-15-12-16(28)9-10-23(15,2)25(17,27)20(30)13-24(18,3)26(14,34)22(33)19(29)5-4-6-21(31)32/h9-10,12,14,17-20,29-30,34H,4-8,11,13H2,1-3H3,(H,31,32)/t14-,17-,18-,19?,20-,23-,24-,25-,26-/m0/s1. The van der Waals surface area contributed by atoms with Crippen LogP contribution in [0.5, 0.6) is 0 Å². The Morgan fingerprint density at radius 2 is 1.94 bits per heavy atom. The minimum Gasteiger partial charge on any atom is -0.481 e. The van der Waals surface area contributed by atoms with Crippen LogP contribution in [0, 0.1) is 28.6 Å². The van der Waals surface area contributed by atoms with Crippen molar-refractivity contribution >= 4 is 17.5 Å². The van der Waals surface area contributed by atoms with E-state index in [0.717, 1.165) is 0 Å². The maximum absolute atomic E-state index is 17.1. The number of alkyl halides is 1. The molecule has 188 valence electrons. The number of rotatable bonds is 6. The number of Topliss-reactive ketones (excluding diaryl/α,β-unsaturated/α-hetero) is 1. The van der Waals surface area contributed by atoms with Gasteiger partial charge in [0.05, 0.1) is 6.10 Å². The summed E-state index contributed by atoms with van der Waals surface area (Å²) in [5.41, 5.74) is -5.70. The smallest absolute Gasteiger partial charge is 0.303 e. The van der Waals surface area contributed by atoms with Crippen LogP contribution >= 0.6 is 0 Å². The van der Waals surface area contributed by atoms with Crippen molar-refractivity contribution in [2.24, 2.45) is 28.6 Å². The van der Waals surface area contributed by atoms with Crippen LogP contribution in [0.2, 0.25) is 0 Å². The molecule has 0 heterocycles. The first kappa shape index (κ1) is 25.2. The lowest BCUT2D eigenvalue weighted by Crippen LogP contribution is -2.69. The first-order valence-electron chi connectivity index (χ1n) is 12.2. The number of ketones is 2. The third-order valence-electron chi connectivity index (χ3n) is 9.77. The van der Waals surface area contributed by atoms with Gasteiger partial charge in [-0.1, -0.05) is 25.5 Å². The number of aliphatic carboxylic acids is 1. The Morgan fingerprint density at radius 1 is 1.26 bits per heavy atom. The average Bonchev–Trinajstić information content (AvgIpc) is 2.96. The van der Waals surface area contributed by atoms with Crippen LogP contribution in [0.15, 0.2) is 23.8 Å². The highest BCUT2D eigenvalue weighted by Gasteiger charge is 2.75. The molecule has 34 heavy (non-hydrogen) atoms. The van der Waals surface area contributed by atoms with Gasteiger partial charge in [-0.2, -0.15) is 0 Å². The van der Waals surface area contributed by atoms with E-state index < -0.39 is 63.8 Å². The van der Waals surface area contributed by atoms with Gasteiger partial charge in [-0.05, 0) is 69.4 Å². The predicted molar refractivity (Wildman–Crippen MR) is 120 cm³/mol. The zero-order valence-electron chi connectivity index (χ0n) is 20.0. The lowest BCUT2D eigenvalue weighted by Gasteiger charge is -2.62. The Bertz CT molecular complexity index is 974. The van der Waals surface area contributed by atoms with Crippen molar-refractivity contribution in [1.82, 2.24) is 0 Å². The molecule has 9 atom stereocenters. The molecule has 0 amide bonds. The number of aliphatic hydroxyl groups is 3. The van der Waals surface area contributed by atoms with Crippen molar-refractivity contribution in [3.8, 4) is 0 Å². The van der Waals surface area contributed by atoms with Crippen molar-refractivity contribution in [1.29, 1.82) is 0 Å². The monoisotopic (exact) mass is 478 g/mol. The molecule has 7 nitrogen and oxygen atoms in total. The van der Waals surface area contributed by atoms with E-state index in [4.69, 9.17) is 5.11 Å². The molecule has 0 aromatic rings. The Kier molecular flexibility index (Phi) is 5.98. The van der Waals surface area contributed by atoms with Gasteiger partial charge in [0.25, 0.3) is 0 Å². The molecule has 4 aliphatic carbocycles. The number of allylic oxidation sites excluding steroid dienone is 4. The van der Waals surface area contributed by atoms with Crippen LogP contribution in [0.25, 0.3) is 0 Å². The first-order chi connectivity index (χ1) is 15.7. The molecule has 3 saturated carbocycles. The van der Waals surface area contributed by atoms with Gasteiger partial charge in [0.2, 0.25) is 0 Å². The molecule has 4 N–H and O–H groups in total. The first-order valence-corrected chi connectivity index (χ1v) is 12.2. The number of halogens is 1. The molecule has 0 bridgehead atoms. The molecule has 0 radical (unpaired) electrons. The maximum atomic E-state index is 17.1. The van der Waals surface area contributed by atoms with Crippen molar-refractivity contribution in [2.75, 3.05) is 0 Å². The van der Waals surface area contributed by atoms with E-state index >= 15 is 4.39 Å². The van der Waals surface area contributed by atoms with Gasteiger partial charge in [-0.3, -0.25) is 14.4 Å². The van der Waals surface area contributed by atoms with Gasteiger partial charge in [-0.25, -0.2) is 4.39 Å². The number of carboxylic acids is 1. The van der Waals surface area contributed by atoms with Gasteiger partial charge < -0.3 is 20.4 Å². The number of fused-ring (bicyclic) bond motifs is 5. The summed E-state index contributed by atoms with van der Waals surface area (Å²) in [5.74, 6) is -3.65. The second kappa shape index (κ2) is 8.07. The van der Waals surface area contributed by atoms with Gasteiger partial charge in [0, 0.05) is 23.2 Å². The van der Waals surface area contributed by atoms with Gasteiger partial charge >= 0.3 is 5.97 Å². The van der Waals surface area contributed by atoms with Crippen molar-refractivity contribution < 1.29 is 39.2 Å². The van der Waals surface area contributed by atoms with Crippen molar-refractivity contribution in [3.05, 3.63) is 23.8 Å². The van der Waals surface area contributed by atoms with E-state index in [1.165, 1.54) is 12.2 Å². The maximum Gasteiger partial charge on any atom is 0.303 e. The van der Waals surface area contributed by atoms with Crippen LogP contribution in [0.4, 0.5) is 4.39 Å². The average molecular weight is 479 g/mol. The Labute approximate surface area is 198 Å². The number of hydrogen-bond acceptors (Lipinski definition) is 6. The fourth-order valence-corrected chi connectivity index (χ4v) is 7.90. The Balaban J connectivity index is 1.69. The number of hydrogen-bond donors (Lipinski definition) is 4. The molecule has 0 spiro atoms. The highest BCUT2D eigenvalue weighted by atomic mass is 19.1. The summed E-state index contributed by atoms with van der Waals surface area (Å²) in [4.78, 5) is 36.1. The number of carbonyl (C=O) groups excluding carboxylic acids is 2. The largest absolute Gasteiger partial charge is 0.481 e. The molecule has 0 saturated heterocycles. The fourth-order valence-electron chi connectivity index (χ4n) is 7.90. The summed E-state index contributed by atoms with van der Waals surface area (Å²) in [6, 6.07) is 0. The zero-order chi connectivity index (χ0) is 25.3. The van der Waals surface area contributed by atoms with Crippen LogP contribution < -0.4 is 0 Å². The highest BCUT2D eigenvalue weighted by molar-refractivity contribution is 6.01. The summed E-state index contributed by atoms with van der Waals surface area (Å²) in [7, 11) is 0. The molecular weight excluding hydrogens is 443 g/mol. The Hall–Kier alpha value is -1.90. The second-order valence-electron chi connectivity index (χ2n) is 11.3. The number of aliphatic hydroxyl groups excluding tert-OH is 2.